The van der Waals surface area contributed by atoms with E-state index in [1.165, 1.54) is 12.1 Å². The number of nitriles is 1. The molecule has 0 radical (unpaired) electrons. The molecule has 0 atom stereocenters. The second-order valence-electron chi connectivity index (χ2n) is 4.16. The maximum absolute atomic E-state index is 12.8. The number of rotatable bonds is 2. The normalized spacial score (nSPS) is 10.5. The molecule has 1 aromatic carbocycles. The van der Waals surface area contributed by atoms with Crippen molar-refractivity contribution in [3.63, 3.8) is 0 Å². The molecule has 0 fully saturated rings. The molecule has 2 heterocycles. The smallest absolute Gasteiger partial charge is 0.156 e. The molecule has 0 spiro atoms. The van der Waals surface area contributed by atoms with E-state index in [1.807, 2.05) is 0 Å². The van der Waals surface area contributed by atoms with E-state index >= 15 is 0 Å². The summed E-state index contributed by atoms with van der Waals surface area (Å²) in [5, 5.41) is 13.1. The van der Waals surface area contributed by atoms with E-state index in [9.17, 15) is 4.39 Å². The minimum Gasteiger partial charge on any atom is -0.220 e. The molecule has 0 aliphatic rings. The fraction of sp³-hybridized carbons (Fsp3) is 0.0714. The van der Waals surface area contributed by atoms with Crippen molar-refractivity contribution >= 4 is 5.65 Å². The lowest BCUT2D eigenvalue weighted by molar-refractivity contribution is 0.627. The topological polar surface area (TPSA) is 54.0 Å². The number of hydrogen-bond donors (Lipinski definition) is 0. The third-order valence-corrected chi connectivity index (χ3v) is 2.78. The van der Waals surface area contributed by atoms with Gasteiger partial charge < -0.3 is 0 Å². The van der Waals surface area contributed by atoms with Crippen LogP contribution >= 0.6 is 0 Å². The van der Waals surface area contributed by atoms with Crippen LogP contribution in [0, 0.1) is 17.1 Å². The zero-order valence-electron chi connectivity index (χ0n) is 9.92. The van der Waals surface area contributed by atoms with Crippen LogP contribution in [0.4, 0.5) is 4.39 Å². The average Bonchev–Trinajstić information content (AvgIpc) is 2.82. The number of pyridine rings is 1. The van der Waals surface area contributed by atoms with Gasteiger partial charge in [-0.3, -0.25) is 0 Å². The van der Waals surface area contributed by atoms with Crippen molar-refractivity contribution < 1.29 is 4.39 Å². The number of nitrogens with zero attached hydrogens (tertiary/aromatic N) is 4. The third-order valence-electron chi connectivity index (χ3n) is 2.78. The van der Waals surface area contributed by atoms with Gasteiger partial charge in [0.25, 0.3) is 0 Å². The fourth-order valence-electron chi connectivity index (χ4n) is 1.85. The Labute approximate surface area is 108 Å². The Kier molecular flexibility index (Phi) is 2.69. The number of halogens is 1. The largest absolute Gasteiger partial charge is 0.220 e. The minimum atomic E-state index is -0.259. The van der Waals surface area contributed by atoms with Crippen LogP contribution in [-0.4, -0.2) is 14.6 Å². The van der Waals surface area contributed by atoms with E-state index in [1.54, 1.807) is 35.0 Å². The van der Waals surface area contributed by atoms with Gasteiger partial charge in [-0.1, -0.05) is 12.1 Å². The van der Waals surface area contributed by atoms with Crippen molar-refractivity contribution in [3.05, 3.63) is 65.4 Å². The summed E-state index contributed by atoms with van der Waals surface area (Å²) >= 11 is 0. The van der Waals surface area contributed by atoms with E-state index in [0.29, 0.717) is 23.5 Å². The summed E-state index contributed by atoms with van der Waals surface area (Å²) in [6, 6.07) is 11.8. The summed E-state index contributed by atoms with van der Waals surface area (Å²) in [6.07, 6.45) is 2.17. The SMILES string of the molecule is N#Cc1ccc2nc(Cc3ccc(F)cc3)nn2c1. The number of benzene rings is 1. The number of hydrogen-bond acceptors (Lipinski definition) is 3. The zero-order chi connectivity index (χ0) is 13.2. The van der Waals surface area contributed by atoms with Gasteiger partial charge in [0.1, 0.15) is 11.9 Å². The molecule has 0 aliphatic heterocycles. The summed E-state index contributed by atoms with van der Waals surface area (Å²) in [5.41, 5.74) is 2.17. The monoisotopic (exact) mass is 252 g/mol. The Morgan fingerprint density at radius 1 is 1.16 bits per heavy atom. The van der Waals surface area contributed by atoms with Crippen LogP contribution in [0.3, 0.4) is 0 Å². The molecule has 19 heavy (non-hydrogen) atoms. The van der Waals surface area contributed by atoms with Crippen molar-refractivity contribution in [1.29, 1.82) is 5.26 Å². The van der Waals surface area contributed by atoms with E-state index in [0.717, 1.165) is 5.56 Å². The predicted octanol–water partition coefficient (Wildman–Crippen LogP) is 2.33. The molecule has 4 nitrogen and oxygen atoms in total. The summed E-state index contributed by atoms with van der Waals surface area (Å²) in [6.45, 7) is 0. The maximum Gasteiger partial charge on any atom is 0.156 e. The second kappa shape index (κ2) is 4.50. The lowest BCUT2D eigenvalue weighted by Gasteiger charge is -1.96. The van der Waals surface area contributed by atoms with Crippen molar-refractivity contribution in [2.24, 2.45) is 0 Å². The summed E-state index contributed by atoms with van der Waals surface area (Å²) in [7, 11) is 0. The molecule has 0 bridgehead atoms. The van der Waals surface area contributed by atoms with Crippen molar-refractivity contribution in [2.45, 2.75) is 6.42 Å². The third kappa shape index (κ3) is 2.29. The molecule has 0 amide bonds. The van der Waals surface area contributed by atoms with Crippen LogP contribution in [0.15, 0.2) is 42.6 Å². The second-order valence-corrected chi connectivity index (χ2v) is 4.16. The summed E-state index contributed by atoms with van der Waals surface area (Å²) < 4.78 is 14.4. The molecule has 0 aliphatic carbocycles. The van der Waals surface area contributed by atoms with Crippen LogP contribution in [0.5, 0.6) is 0 Å². The molecule has 92 valence electrons. The van der Waals surface area contributed by atoms with Crippen molar-refractivity contribution in [1.82, 2.24) is 14.6 Å². The van der Waals surface area contributed by atoms with Gasteiger partial charge in [0.2, 0.25) is 0 Å². The van der Waals surface area contributed by atoms with Crippen LogP contribution in [0.2, 0.25) is 0 Å². The highest BCUT2D eigenvalue weighted by Crippen LogP contribution is 2.10. The van der Waals surface area contributed by atoms with Gasteiger partial charge >= 0.3 is 0 Å². The molecule has 3 rings (SSSR count). The first-order valence-corrected chi connectivity index (χ1v) is 5.74. The highest BCUT2D eigenvalue weighted by atomic mass is 19.1. The molecule has 0 N–H and O–H groups in total. The Hall–Kier alpha value is -2.74. The Bertz CT molecular complexity index is 768. The van der Waals surface area contributed by atoms with Crippen LogP contribution in [-0.2, 0) is 6.42 Å². The Balaban J connectivity index is 1.93. The lowest BCUT2D eigenvalue weighted by Crippen LogP contribution is -1.92. The van der Waals surface area contributed by atoms with E-state index in [4.69, 9.17) is 5.26 Å². The highest BCUT2D eigenvalue weighted by Gasteiger charge is 2.05. The first kappa shape index (κ1) is 11.4. The molecule has 2 aromatic heterocycles. The standard InChI is InChI=1S/C14H9FN4/c15-12-4-1-10(2-5-12)7-13-17-14-6-3-11(8-16)9-19(14)18-13/h1-6,9H,7H2. The summed E-state index contributed by atoms with van der Waals surface area (Å²) in [5.74, 6) is 0.382. The molecular weight excluding hydrogens is 243 g/mol. The first-order valence-electron chi connectivity index (χ1n) is 5.74. The van der Waals surface area contributed by atoms with Gasteiger partial charge in [0.05, 0.1) is 5.56 Å². The number of aromatic nitrogens is 3. The quantitative estimate of drug-likeness (QED) is 0.703. The Morgan fingerprint density at radius 2 is 1.95 bits per heavy atom. The van der Waals surface area contributed by atoms with Crippen LogP contribution < -0.4 is 0 Å². The van der Waals surface area contributed by atoms with Gasteiger partial charge in [0.15, 0.2) is 11.5 Å². The van der Waals surface area contributed by atoms with Gasteiger partial charge in [-0.05, 0) is 29.8 Å². The average molecular weight is 252 g/mol. The number of fused-ring (bicyclic) bond motifs is 1. The molecule has 5 heteroatoms. The highest BCUT2D eigenvalue weighted by molar-refractivity contribution is 5.42. The van der Waals surface area contributed by atoms with Crippen molar-refractivity contribution in [2.75, 3.05) is 0 Å². The van der Waals surface area contributed by atoms with Crippen LogP contribution in [0.1, 0.15) is 17.0 Å². The molecule has 3 aromatic rings. The zero-order valence-corrected chi connectivity index (χ0v) is 9.92. The minimum absolute atomic E-state index is 0.259. The first-order chi connectivity index (χ1) is 9.24. The Morgan fingerprint density at radius 3 is 2.68 bits per heavy atom. The molecular formula is C14H9FN4. The van der Waals surface area contributed by atoms with Crippen molar-refractivity contribution in [3.8, 4) is 6.07 Å². The molecule has 0 unspecified atom stereocenters. The molecule has 0 saturated heterocycles. The lowest BCUT2D eigenvalue weighted by atomic mass is 10.1. The van der Waals surface area contributed by atoms with Gasteiger partial charge in [0, 0.05) is 12.6 Å². The maximum atomic E-state index is 12.8. The van der Waals surface area contributed by atoms with Gasteiger partial charge in [-0.2, -0.15) is 10.4 Å². The van der Waals surface area contributed by atoms with Crippen LogP contribution in [0.25, 0.3) is 5.65 Å². The fourth-order valence-corrected chi connectivity index (χ4v) is 1.85. The van der Waals surface area contributed by atoms with Gasteiger partial charge in [-0.15, -0.1) is 0 Å². The van der Waals surface area contributed by atoms with E-state index < -0.39 is 0 Å². The van der Waals surface area contributed by atoms with E-state index in [-0.39, 0.29) is 5.82 Å². The predicted molar refractivity (Wildman–Crippen MR) is 66.9 cm³/mol. The van der Waals surface area contributed by atoms with E-state index in [2.05, 4.69) is 16.2 Å². The van der Waals surface area contributed by atoms with Gasteiger partial charge in [-0.25, -0.2) is 13.9 Å². The molecule has 0 saturated carbocycles. The summed E-state index contributed by atoms with van der Waals surface area (Å²) in [4.78, 5) is 4.35.